The van der Waals surface area contributed by atoms with E-state index < -0.39 is 0 Å². The zero-order valence-corrected chi connectivity index (χ0v) is 14.8. The standard InChI is InChI=1S/C20H34O/c1-16(2)8-6-9-18(4)14(16)7-10-19(5)15(21)17(3)11-12-20(18,19)13-17/h14-15,21H,6-13H2,1-5H3/t14-,15-,17+,18-,19-,20-/m0/s1. The molecule has 2 bridgehead atoms. The molecule has 0 aliphatic heterocycles. The van der Waals surface area contributed by atoms with E-state index in [0.29, 0.717) is 16.2 Å². The van der Waals surface area contributed by atoms with Crippen LogP contribution in [0.15, 0.2) is 0 Å². The topological polar surface area (TPSA) is 20.2 Å². The van der Waals surface area contributed by atoms with Gasteiger partial charge in [0.1, 0.15) is 0 Å². The molecule has 4 aliphatic rings. The minimum Gasteiger partial charge on any atom is -0.392 e. The Balaban J connectivity index is 1.87. The molecule has 0 amide bonds. The van der Waals surface area contributed by atoms with E-state index in [2.05, 4.69) is 34.6 Å². The van der Waals surface area contributed by atoms with Crippen LogP contribution < -0.4 is 0 Å². The number of aliphatic hydroxyl groups excluding tert-OH is 1. The van der Waals surface area contributed by atoms with E-state index in [1.165, 1.54) is 51.4 Å². The molecule has 1 heteroatoms. The molecule has 120 valence electrons. The van der Waals surface area contributed by atoms with Crippen molar-refractivity contribution >= 4 is 0 Å². The van der Waals surface area contributed by atoms with Crippen molar-refractivity contribution in [2.75, 3.05) is 0 Å². The van der Waals surface area contributed by atoms with Crippen LogP contribution in [-0.4, -0.2) is 11.2 Å². The number of rotatable bonds is 0. The lowest BCUT2D eigenvalue weighted by molar-refractivity contribution is -0.211. The Morgan fingerprint density at radius 2 is 1.52 bits per heavy atom. The smallest absolute Gasteiger partial charge is 0.0653 e. The van der Waals surface area contributed by atoms with Crippen molar-refractivity contribution in [3.63, 3.8) is 0 Å². The first kappa shape index (κ1) is 14.5. The van der Waals surface area contributed by atoms with Crippen molar-refractivity contribution in [3.05, 3.63) is 0 Å². The first-order valence-corrected chi connectivity index (χ1v) is 9.30. The van der Waals surface area contributed by atoms with Crippen molar-refractivity contribution < 1.29 is 5.11 Å². The van der Waals surface area contributed by atoms with Crippen molar-refractivity contribution in [2.24, 2.45) is 33.0 Å². The summed E-state index contributed by atoms with van der Waals surface area (Å²) in [4.78, 5) is 0. The molecule has 4 fully saturated rings. The summed E-state index contributed by atoms with van der Waals surface area (Å²) in [7, 11) is 0. The van der Waals surface area contributed by atoms with Gasteiger partial charge in [0.05, 0.1) is 6.10 Å². The largest absolute Gasteiger partial charge is 0.392 e. The summed E-state index contributed by atoms with van der Waals surface area (Å²) < 4.78 is 0. The summed E-state index contributed by atoms with van der Waals surface area (Å²) in [5.41, 5.74) is 1.74. The Morgan fingerprint density at radius 3 is 2.24 bits per heavy atom. The van der Waals surface area contributed by atoms with Crippen molar-refractivity contribution in [2.45, 2.75) is 92.1 Å². The molecule has 0 aromatic carbocycles. The quantitative estimate of drug-likeness (QED) is 0.652. The lowest BCUT2D eigenvalue weighted by atomic mass is 9.37. The first-order valence-electron chi connectivity index (χ1n) is 9.30. The van der Waals surface area contributed by atoms with E-state index in [1.807, 2.05) is 0 Å². The predicted octanol–water partition coefficient (Wildman–Crippen LogP) is 5.17. The second kappa shape index (κ2) is 3.71. The molecule has 0 saturated heterocycles. The average Bonchev–Trinajstić information content (AvgIpc) is 2.82. The molecule has 21 heavy (non-hydrogen) atoms. The zero-order chi connectivity index (χ0) is 15.3. The van der Waals surface area contributed by atoms with Crippen LogP contribution in [0.2, 0.25) is 0 Å². The number of aliphatic hydroxyl groups is 1. The third kappa shape index (κ3) is 1.35. The molecule has 1 nitrogen and oxygen atoms in total. The molecule has 6 atom stereocenters. The highest BCUT2D eigenvalue weighted by Crippen LogP contribution is 2.82. The summed E-state index contributed by atoms with van der Waals surface area (Å²) in [6, 6.07) is 0. The maximum absolute atomic E-state index is 11.2. The van der Waals surface area contributed by atoms with Crippen LogP contribution in [0.3, 0.4) is 0 Å². The number of hydrogen-bond acceptors (Lipinski definition) is 1. The van der Waals surface area contributed by atoms with Crippen LogP contribution in [0.4, 0.5) is 0 Å². The van der Waals surface area contributed by atoms with Gasteiger partial charge in [0.2, 0.25) is 0 Å². The van der Waals surface area contributed by atoms with Gasteiger partial charge in [-0.2, -0.15) is 0 Å². The van der Waals surface area contributed by atoms with Crippen LogP contribution in [0.25, 0.3) is 0 Å². The fourth-order valence-corrected chi connectivity index (χ4v) is 8.48. The van der Waals surface area contributed by atoms with Crippen molar-refractivity contribution in [1.29, 1.82) is 0 Å². The molecular formula is C20H34O. The lowest BCUT2D eigenvalue weighted by Gasteiger charge is -2.68. The van der Waals surface area contributed by atoms with E-state index in [-0.39, 0.29) is 16.9 Å². The van der Waals surface area contributed by atoms with E-state index in [4.69, 9.17) is 0 Å². The van der Waals surface area contributed by atoms with Gasteiger partial charge in [0.15, 0.2) is 0 Å². The van der Waals surface area contributed by atoms with Gasteiger partial charge in [-0.15, -0.1) is 0 Å². The molecule has 4 rings (SSSR count). The predicted molar refractivity (Wildman–Crippen MR) is 87.0 cm³/mol. The molecule has 0 aromatic heterocycles. The van der Waals surface area contributed by atoms with Crippen molar-refractivity contribution in [3.8, 4) is 0 Å². The normalized spacial score (nSPS) is 61.4. The Labute approximate surface area is 130 Å². The second-order valence-electron chi connectivity index (χ2n) is 10.6. The maximum atomic E-state index is 11.2. The van der Waals surface area contributed by atoms with Crippen LogP contribution in [0.1, 0.15) is 86.0 Å². The number of fused-ring (bicyclic) bond motifs is 2. The van der Waals surface area contributed by atoms with Gasteiger partial charge in [-0.1, -0.05) is 41.0 Å². The Bertz CT molecular complexity index is 482. The van der Waals surface area contributed by atoms with Gasteiger partial charge < -0.3 is 5.11 Å². The lowest BCUT2D eigenvalue weighted by Crippen LogP contribution is -2.62. The first-order chi connectivity index (χ1) is 9.62. The van der Waals surface area contributed by atoms with Gasteiger partial charge >= 0.3 is 0 Å². The fraction of sp³-hybridized carbons (Fsp3) is 1.00. The third-order valence-electron chi connectivity index (χ3n) is 9.46. The molecule has 1 N–H and O–H groups in total. The summed E-state index contributed by atoms with van der Waals surface area (Å²) in [6.07, 6.45) is 10.7. The molecule has 0 heterocycles. The molecule has 4 saturated carbocycles. The Kier molecular flexibility index (Phi) is 2.57. The molecule has 0 unspecified atom stereocenters. The SMILES string of the molecule is CC1(C)CCC[C@@]2(C)[C@H]1CC[C@@]1(C)[C@@H](O)[C@]3(C)CC[C@]21C3. The monoisotopic (exact) mass is 290 g/mol. The van der Waals surface area contributed by atoms with Crippen LogP contribution in [0, 0.1) is 33.0 Å². The molecule has 1 spiro atoms. The summed E-state index contributed by atoms with van der Waals surface area (Å²) >= 11 is 0. The highest BCUT2D eigenvalue weighted by Gasteiger charge is 2.77. The van der Waals surface area contributed by atoms with Gasteiger partial charge in [-0.05, 0) is 72.5 Å². The Hall–Kier alpha value is -0.0400. The highest BCUT2D eigenvalue weighted by molar-refractivity contribution is 5.26. The van der Waals surface area contributed by atoms with E-state index >= 15 is 0 Å². The molecular weight excluding hydrogens is 256 g/mol. The van der Waals surface area contributed by atoms with Crippen LogP contribution in [0.5, 0.6) is 0 Å². The van der Waals surface area contributed by atoms with Crippen LogP contribution in [-0.2, 0) is 0 Å². The van der Waals surface area contributed by atoms with Gasteiger partial charge in [0.25, 0.3) is 0 Å². The summed E-state index contributed by atoms with van der Waals surface area (Å²) in [5.74, 6) is 0.861. The molecule has 0 radical (unpaired) electrons. The Morgan fingerprint density at radius 1 is 0.810 bits per heavy atom. The third-order valence-corrected chi connectivity index (χ3v) is 9.46. The minimum atomic E-state index is -0.0680. The molecule has 0 aromatic rings. The zero-order valence-electron chi connectivity index (χ0n) is 14.8. The van der Waals surface area contributed by atoms with Crippen molar-refractivity contribution in [1.82, 2.24) is 0 Å². The van der Waals surface area contributed by atoms with E-state index in [0.717, 1.165) is 5.92 Å². The van der Waals surface area contributed by atoms with Gasteiger partial charge in [-0.3, -0.25) is 0 Å². The minimum absolute atomic E-state index is 0.0680. The maximum Gasteiger partial charge on any atom is 0.0653 e. The second-order valence-corrected chi connectivity index (χ2v) is 10.6. The molecule has 4 aliphatic carbocycles. The fourth-order valence-electron chi connectivity index (χ4n) is 8.48. The van der Waals surface area contributed by atoms with Crippen LogP contribution >= 0.6 is 0 Å². The average molecular weight is 290 g/mol. The summed E-state index contributed by atoms with van der Waals surface area (Å²) in [6.45, 7) is 12.5. The van der Waals surface area contributed by atoms with E-state index in [9.17, 15) is 5.11 Å². The van der Waals surface area contributed by atoms with Gasteiger partial charge in [0, 0.05) is 5.41 Å². The van der Waals surface area contributed by atoms with E-state index in [1.54, 1.807) is 0 Å². The summed E-state index contributed by atoms with van der Waals surface area (Å²) in [5, 5.41) is 11.2. The van der Waals surface area contributed by atoms with Gasteiger partial charge in [-0.25, -0.2) is 0 Å². The number of hydrogen-bond donors (Lipinski definition) is 1. The highest BCUT2D eigenvalue weighted by atomic mass is 16.3.